The molecule has 0 bridgehead atoms. The number of hydrogen-bond acceptors (Lipinski definition) is 5. The molecule has 0 radical (unpaired) electrons. The summed E-state index contributed by atoms with van der Waals surface area (Å²) in [7, 11) is 1.45. The summed E-state index contributed by atoms with van der Waals surface area (Å²) in [5.41, 5.74) is 3.67. The number of hydrazone groups is 1. The standard InChI is InChI=1S/C22H17FN2O4/c1-28-20-13-15(14-24-25-21(26)16-8-10-18(23)11-9-16)7-12-19(20)29-22(27)17-5-3-2-4-6-17/h2-14H,1H3,(H,25,26). The molecule has 0 aliphatic heterocycles. The van der Waals surface area contributed by atoms with Crippen molar-refractivity contribution in [3.05, 3.63) is 95.3 Å². The van der Waals surface area contributed by atoms with Crippen LogP contribution in [-0.2, 0) is 0 Å². The highest BCUT2D eigenvalue weighted by atomic mass is 19.1. The van der Waals surface area contributed by atoms with Crippen molar-refractivity contribution >= 4 is 18.1 Å². The molecule has 0 aliphatic rings. The van der Waals surface area contributed by atoms with Gasteiger partial charge in [0.25, 0.3) is 5.91 Å². The second kappa shape index (κ2) is 9.27. The first-order valence-electron chi connectivity index (χ1n) is 8.61. The van der Waals surface area contributed by atoms with Gasteiger partial charge in [0.2, 0.25) is 0 Å². The molecule has 0 heterocycles. The highest BCUT2D eigenvalue weighted by molar-refractivity contribution is 5.95. The topological polar surface area (TPSA) is 77.0 Å². The highest BCUT2D eigenvalue weighted by Gasteiger charge is 2.12. The molecular formula is C22H17FN2O4. The van der Waals surface area contributed by atoms with Gasteiger partial charge in [0.15, 0.2) is 11.5 Å². The van der Waals surface area contributed by atoms with Crippen LogP contribution < -0.4 is 14.9 Å². The summed E-state index contributed by atoms with van der Waals surface area (Å²) in [5, 5.41) is 3.87. The molecular weight excluding hydrogens is 375 g/mol. The summed E-state index contributed by atoms with van der Waals surface area (Å²) in [6.07, 6.45) is 1.41. The van der Waals surface area contributed by atoms with Crippen molar-refractivity contribution in [2.75, 3.05) is 7.11 Å². The normalized spacial score (nSPS) is 10.6. The van der Waals surface area contributed by atoms with E-state index in [9.17, 15) is 14.0 Å². The molecule has 3 aromatic rings. The fourth-order valence-corrected chi connectivity index (χ4v) is 2.41. The number of methoxy groups -OCH3 is 1. The van der Waals surface area contributed by atoms with Crippen LogP contribution in [0.5, 0.6) is 11.5 Å². The van der Waals surface area contributed by atoms with Gasteiger partial charge in [0.05, 0.1) is 18.9 Å². The van der Waals surface area contributed by atoms with Gasteiger partial charge in [0, 0.05) is 5.56 Å². The average Bonchev–Trinajstić information content (AvgIpc) is 2.75. The molecule has 29 heavy (non-hydrogen) atoms. The number of hydrogen-bond donors (Lipinski definition) is 1. The van der Waals surface area contributed by atoms with Crippen LogP contribution >= 0.6 is 0 Å². The van der Waals surface area contributed by atoms with E-state index >= 15 is 0 Å². The second-order valence-electron chi connectivity index (χ2n) is 5.87. The summed E-state index contributed by atoms with van der Waals surface area (Å²) in [6, 6.07) is 18.5. The molecule has 0 unspecified atom stereocenters. The van der Waals surface area contributed by atoms with Crippen LogP contribution in [0.4, 0.5) is 4.39 Å². The molecule has 7 heteroatoms. The number of benzene rings is 3. The average molecular weight is 392 g/mol. The molecule has 6 nitrogen and oxygen atoms in total. The molecule has 146 valence electrons. The van der Waals surface area contributed by atoms with Gasteiger partial charge < -0.3 is 9.47 Å². The van der Waals surface area contributed by atoms with Crippen molar-refractivity contribution in [2.45, 2.75) is 0 Å². The number of ether oxygens (including phenoxy) is 2. The van der Waals surface area contributed by atoms with Crippen LogP contribution in [0.25, 0.3) is 0 Å². The third-order valence-corrected chi connectivity index (χ3v) is 3.89. The van der Waals surface area contributed by atoms with Crippen molar-refractivity contribution in [2.24, 2.45) is 5.10 Å². The smallest absolute Gasteiger partial charge is 0.343 e. The number of nitrogens with zero attached hydrogens (tertiary/aromatic N) is 1. The van der Waals surface area contributed by atoms with E-state index in [-0.39, 0.29) is 11.3 Å². The fraction of sp³-hybridized carbons (Fsp3) is 0.0455. The van der Waals surface area contributed by atoms with Crippen LogP contribution in [0.1, 0.15) is 26.3 Å². The van der Waals surface area contributed by atoms with Crippen molar-refractivity contribution in [1.82, 2.24) is 5.43 Å². The predicted octanol–water partition coefficient (Wildman–Crippen LogP) is 3.82. The first-order chi connectivity index (χ1) is 14.1. The maximum atomic E-state index is 12.9. The molecule has 0 aliphatic carbocycles. The monoisotopic (exact) mass is 392 g/mol. The van der Waals surface area contributed by atoms with Gasteiger partial charge in [-0.05, 0) is 60.2 Å². The molecule has 3 aromatic carbocycles. The number of esters is 1. The lowest BCUT2D eigenvalue weighted by molar-refractivity contribution is 0.0729. The molecule has 0 saturated carbocycles. The number of halogens is 1. The summed E-state index contributed by atoms with van der Waals surface area (Å²) >= 11 is 0. The van der Waals surface area contributed by atoms with Crippen LogP contribution in [0.15, 0.2) is 77.9 Å². The maximum absolute atomic E-state index is 12.9. The van der Waals surface area contributed by atoms with E-state index in [0.29, 0.717) is 16.9 Å². The first-order valence-corrected chi connectivity index (χ1v) is 8.61. The van der Waals surface area contributed by atoms with Crippen molar-refractivity contribution in [3.8, 4) is 11.5 Å². The SMILES string of the molecule is COc1cc(C=NNC(=O)c2ccc(F)cc2)ccc1OC(=O)c1ccccc1. The number of nitrogens with one attached hydrogen (secondary N) is 1. The van der Waals surface area contributed by atoms with Crippen LogP contribution in [0, 0.1) is 5.82 Å². The molecule has 3 rings (SSSR count). The van der Waals surface area contributed by atoms with Gasteiger partial charge in [-0.1, -0.05) is 18.2 Å². The van der Waals surface area contributed by atoms with E-state index in [1.165, 1.54) is 37.6 Å². The number of carbonyl (C=O) groups is 2. The first kappa shape index (κ1) is 19.8. The molecule has 0 spiro atoms. The van der Waals surface area contributed by atoms with Gasteiger partial charge in [-0.15, -0.1) is 0 Å². The Kier molecular flexibility index (Phi) is 6.32. The van der Waals surface area contributed by atoms with E-state index in [4.69, 9.17) is 9.47 Å². The lowest BCUT2D eigenvalue weighted by Crippen LogP contribution is -2.17. The molecule has 0 atom stereocenters. The molecule has 1 amide bonds. The largest absolute Gasteiger partial charge is 0.493 e. The third-order valence-electron chi connectivity index (χ3n) is 3.89. The van der Waals surface area contributed by atoms with Crippen LogP contribution in [0.2, 0.25) is 0 Å². The minimum atomic E-state index is -0.503. The summed E-state index contributed by atoms with van der Waals surface area (Å²) in [6.45, 7) is 0. The lowest BCUT2D eigenvalue weighted by atomic mass is 10.2. The Balaban J connectivity index is 1.66. The van der Waals surface area contributed by atoms with Crippen LogP contribution in [-0.4, -0.2) is 25.2 Å². The van der Waals surface area contributed by atoms with E-state index in [0.717, 1.165) is 0 Å². The van der Waals surface area contributed by atoms with Gasteiger partial charge in [0.1, 0.15) is 5.82 Å². The van der Waals surface area contributed by atoms with Gasteiger partial charge in [-0.2, -0.15) is 5.10 Å². The van der Waals surface area contributed by atoms with E-state index in [1.807, 2.05) is 0 Å². The number of rotatable bonds is 6. The van der Waals surface area contributed by atoms with Gasteiger partial charge >= 0.3 is 5.97 Å². The Morgan fingerprint density at radius 1 is 0.931 bits per heavy atom. The Labute approximate surface area is 166 Å². The van der Waals surface area contributed by atoms with E-state index in [1.54, 1.807) is 48.5 Å². The Bertz CT molecular complexity index is 1030. The molecule has 0 aromatic heterocycles. The molecule has 0 fully saturated rings. The van der Waals surface area contributed by atoms with Crippen molar-refractivity contribution in [3.63, 3.8) is 0 Å². The number of carbonyl (C=O) groups excluding carboxylic acids is 2. The Hall–Kier alpha value is -4.00. The van der Waals surface area contributed by atoms with E-state index in [2.05, 4.69) is 10.5 Å². The zero-order valence-electron chi connectivity index (χ0n) is 15.5. The predicted molar refractivity (Wildman–Crippen MR) is 106 cm³/mol. The minimum absolute atomic E-state index is 0.258. The zero-order chi connectivity index (χ0) is 20.6. The quantitative estimate of drug-likeness (QED) is 0.299. The molecule has 1 N–H and O–H groups in total. The third kappa shape index (κ3) is 5.26. The van der Waals surface area contributed by atoms with Gasteiger partial charge in [-0.3, -0.25) is 4.79 Å². The maximum Gasteiger partial charge on any atom is 0.343 e. The summed E-state index contributed by atoms with van der Waals surface area (Å²) in [4.78, 5) is 24.1. The minimum Gasteiger partial charge on any atom is -0.493 e. The van der Waals surface area contributed by atoms with Gasteiger partial charge in [-0.25, -0.2) is 14.6 Å². The highest BCUT2D eigenvalue weighted by Crippen LogP contribution is 2.28. The Morgan fingerprint density at radius 2 is 1.66 bits per heavy atom. The molecule has 0 saturated heterocycles. The number of amides is 1. The second-order valence-corrected chi connectivity index (χ2v) is 5.87. The zero-order valence-corrected chi connectivity index (χ0v) is 15.5. The van der Waals surface area contributed by atoms with Crippen molar-refractivity contribution < 1.29 is 23.5 Å². The fourth-order valence-electron chi connectivity index (χ4n) is 2.41. The van der Waals surface area contributed by atoms with Crippen molar-refractivity contribution in [1.29, 1.82) is 0 Å². The lowest BCUT2D eigenvalue weighted by Gasteiger charge is -2.10. The summed E-state index contributed by atoms with van der Waals surface area (Å²) in [5.74, 6) is -0.805. The van der Waals surface area contributed by atoms with E-state index < -0.39 is 17.7 Å². The summed E-state index contributed by atoms with van der Waals surface area (Å²) < 4.78 is 23.5. The van der Waals surface area contributed by atoms with Crippen LogP contribution in [0.3, 0.4) is 0 Å². The Morgan fingerprint density at radius 3 is 2.34 bits per heavy atom.